The number of rotatable bonds is 1. The highest BCUT2D eigenvalue weighted by molar-refractivity contribution is 7.19. The molecule has 26 heavy (non-hydrogen) atoms. The van der Waals surface area contributed by atoms with Crippen LogP contribution in [0.5, 0.6) is 0 Å². The molecule has 2 aliphatic rings. The fraction of sp³-hybridized carbons (Fsp3) is 0.579. The molecular formula is C19H23N5OS. The van der Waals surface area contributed by atoms with Gasteiger partial charge in [0.05, 0.1) is 5.39 Å². The maximum absolute atomic E-state index is 12.9. The summed E-state index contributed by atoms with van der Waals surface area (Å²) in [5.41, 5.74) is 2.19. The molecule has 4 heterocycles. The summed E-state index contributed by atoms with van der Waals surface area (Å²) in [5.74, 6) is 1.58. The molecule has 1 saturated heterocycles. The fourth-order valence-corrected chi connectivity index (χ4v) is 5.79. The minimum atomic E-state index is -0.0434. The van der Waals surface area contributed by atoms with E-state index in [1.165, 1.54) is 29.7 Å². The quantitative estimate of drug-likeness (QED) is 0.656. The van der Waals surface area contributed by atoms with Gasteiger partial charge in [-0.05, 0) is 56.9 Å². The lowest BCUT2D eigenvalue weighted by Gasteiger charge is -2.25. The Bertz CT molecular complexity index is 1010. The van der Waals surface area contributed by atoms with Crippen molar-refractivity contribution < 1.29 is 4.79 Å². The second-order valence-electron chi connectivity index (χ2n) is 7.60. The summed E-state index contributed by atoms with van der Waals surface area (Å²) in [5, 5.41) is 5.67. The highest BCUT2D eigenvalue weighted by Crippen LogP contribution is 2.42. The summed E-state index contributed by atoms with van der Waals surface area (Å²) >= 11 is 1.79. The number of piperidine rings is 1. The molecule has 1 atom stereocenters. The number of likely N-dealkylation sites (tertiary alicyclic amines) is 1. The van der Waals surface area contributed by atoms with E-state index in [9.17, 15) is 4.79 Å². The Kier molecular flexibility index (Phi) is 3.74. The monoisotopic (exact) mass is 369 g/mol. The number of carbonyl (C=O) groups is 1. The normalized spacial score (nSPS) is 20.7. The van der Waals surface area contributed by atoms with Crippen molar-refractivity contribution in [3.63, 3.8) is 0 Å². The topological polar surface area (TPSA) is 63.4 Å². The number of thiophene rings is 1. The number of fused-ring (bicyclic) bond motifs is 5. The molecule has 0 unspecified atom stereocenters. The van der Waals surface area contributed by atoms with E-state index in [1.807, 2.05) is 11.8 Å². The molecule has 3 aromatic rings. The Morgan fingerprint density at radius 3 is 2.77 bits per heavy atom. The number of amides is 1. The molecule has 0 saturated carbocycles. The summed E-state index contributed by atoms with van der Waals surface area (Å²) in [4.78, 5) is 26.7. The van der Waals surface area contributed by atoms with E-state index < -0.39 is 0 Å². The van der Waals surface area contributed by atoms with Crippen molar-refractivity contribution in [1.82, 2.24) is 24.5 Å². The van der Waals surface area contributed by atoms with Gasteiger partial charge in [0.15, 0.2) is 5.65 Å². The van der Waals surface area contributed by atoms with Crippen molar-refractivity contribution in [2.75, 3.05) is 13.1 Å². The Morgan fingerprint density at radius 1 is 1.15 bits per heavy atom. The van der Waals surface area contributed by atoms with Crippen LogP contribution in [0.25, 0.3) is 15.9 Å². The van der Waals surface area contributed by atoms with Gasteiger partial charge in [-0.3, -0.25) is 4.79 Å². The third-order valence-corrected chi connectivity index (χ3v) is 6.93. The Hall–Kier alpha value is -2.02. The largest absolute Gasteiger partial charge is 0.336 e. The lowest BCUT2D eigenvalue weighted by molar-refractivity contribution is 0.0712. The van der Waals surface area contributed by atoms with E-state index in [0.29, 0.717) is 11.7 Å². The van der Waals surface area contributed by atoms with Gasteiger partial charge < -0.3 is 4.90 Å². The van der Waals surface area contributed by atoms with E-state index in [4.69, 9.17) is 9.97 Å². The number of aryl methyl sites for hydroxylation is 2. The van der Waals surface area contributed by atoms with Crippen LogP contribution in [0.15, 0.2) is 0 Å². The second-order valence-corrected chi connectivity index (χ2v) is 8.68. The number of hydrogen-bond acceptors (Lipinski definition) is 5. The third-order valence-electron chi connectivity index (χ3n) is 5.77. The molecule has 0 bridgehead atoms. The number of carbonyl (C=O) groups excluding carboxylic acids is 1. The molecule has 3 aromatic heterocycles. The molecule has 1 fully saturated rings. The summed E-state index contributed by atoms with van der Waals surface area (Å²) < 4.78 is 1.77. The molecule has 1 aliphatic heterocycles. The maximum atomic E-state index is 12.9. The molecule has 0 N–H and O–H groups in total. The first-order valence-corrected chi connectivity index (χ1v) is 10.4. The zero-order valence-electron chi connectivity index (χ0n) is 15.3. The summed E-state index contributed by atoms with van der Waals surface area (Å²) in [6, 6.07) is 0. The number of aromatic nitrogens is 4. The van der Waals surface area contributed by atoms with Crippen molar-refractivity contribution in [2.24, 2.45) is 0 Å². The number of hydrogen-bond donors (Lipinski definition) is 0. The molecule has 0 radical (unpaired) electrons. The summed E-state index contributed by atoms with van der Waals surface area (Å²) in [6.07, 6.45) is 6.90. The molecule has 1 amide bonds. The smallest absolute Gasteiger partial charge is 0.293 e. The van der Waals surface area contributed by atoms with E-state index in [2.05, 4.69) is 12.0 Å². The van der Waals surface area contributed by atoms with Crippen molar-refractivity contribution in [3.05, 3.63) is 22.1 Å². The van der Waals surface area contributed by atoms with Crippen molar-refractivity contribution in [1.29, 1.82) is 0 Å². The zero-order valence-corrected chi connectivity index (χ0v) is 16.1. The standard InChI is InChI=1S/C19H23N5OS/c1-11-7-6-8-13-14(11)15-17-21-16(19(25)23-9-4-3-5-10-23)22-24(17)12(2)20-18(15)26-13/h11H,3-10H2,1-2H3/t11-/m1/s1. The van der Waals surface area contributed by atoms with Crippen LogP contribution in [0, 0.1) is 6.92 Å². The predicted octanol–water partition coefficient (Wildman–Crippen LogP) is 3.71. The molecule has 7 heteroatoms. The fourth-order valence-electron chi connectivity index (χ4n) is 4.42. The molecule has 0 aromatic carbocycles. The molecule has 0 spiro atoms. The van der Waals surface area contributed by atoms with Crippen LogP contribution >= 0.6 is 11.3 Å². The molecule has 1 aliphatic carbocycles. The summed E-state index contributed by atoms with van der Waals surface area (Å²) in [7, 11) is 0. The van der Waals surface area contributed by atoms with Crippen LogP contribution in [0.3, 0.4) is 0 Å². The molecule has 5 rings (SSSR count). The number of nitrogens with zero attached hydrogens (tertiary/aromatic N) is 5. The van der Waals surface area contributed by atoms with E-state index in [-0.39, 0.29) is 5.91 Å². The van der Waals surface area contributed by atoms with Gasteiger partial charge in [0.2, 0.25) is 5.82 Å². The molecule has 6 nitrogen and oxygen atoms in total. The lowest BCUT2D eigenvalue weighted by atomic mass is 9.87. The average Bonchev–Trinajstić information content (AvgIpc) is 3.24. The van der Waals surface area contributed by atoms with Gasteiger partial charge in [-0.1, -0.05) is 6.92 Å². The van der Waals surface area contributed by atoms with Gasteiger partial charge >= 0.3 is 0 Å². The van der Waals surface area contributed by atoms with Gasteiger partial charge in [0.1, 0.15) is 10.7 Å². The minimum absolute atomic E-state index is 0.0434. The van der Waals surface area contributed by atoms with Gasteiger partial charge in [-0.15, -0.1) is 16.4 Å². The second kappa shape index (κ2) is 6.01. The van der Waals surface area contributed by atoms with Gasteiger partial charge in [0.25, 0.3) is 5.91 Å². The van der Waals surface area contributed by atoms with Crippen LogP contribution in [-0.2, 0) is 6.42 Å². The Morgan fingerprint density at radius 2 is 1.96 bits per heavy atom. The zero-order chi connectivity index (χ0) is 17.8. The van der Waals surface area contributed by atoms with Crippen molar-refractivity contribution in [3.8, 4) is 0 Å². The van der Waals surface area contributed by atoms with Crippen LogP contribution in [-0.4, -0.2) is 43.5 Å². The molecule has 136 valence electrons. The van der Waals surface area contributed by atoms with Crippen LogP contribution in [0.1, 0.15) is 71.8 Å². The van der Waals surface area contributed by atoms with Gasteiger partial charge in [0, 0.05) is 18.0 Å². The average molecular weight is 369 g/mol. The first-order valence-electron chi connectivity index (χ1n) is 9.61. The van der Waals surface area contributed by atoms with Gasteiger partial charge in [-0.25, -0.2) is 9.97 Å². The third kappa shape index (κ3) is 2.36. The highest BCUT2D eigenvalue weighted by Gasteiger charge is 2.28. The molecular weight excluding hydrogens is 346 g/mol. The lowest BCUT2D eigenvalue weighted by Crippen LogP contribution is -2.36. The van der Waals surface area contributed by atoms with Crippen LogP contribution < -0.4 is 0 Å². The maximum Gasteiger partial charge on any atom is 0.293 e. The van der Waals surface area contributed by atoms with Crippen LogP contribution in [0.4, 0.5) is 0 Å². The van der Waals surface area contributed by atoms with E-state index in [0.717, 1.165) is 54.0 Å². The van der Waals surface area contributed by atoms with Gasteiger partial charge in [-0.2, -0.15) is 4.52 Å². The van der Waals surface area contributed by atoms with Crippen molar-refractivity contribution in [2.45, 2.75) is 58.3 Å². The first-order chi connectivity index (χ1) is 12.6. The van der Waals surface area contributed by atoms with Crippen LogP contribution in [0.2, 0.25) is 0 Å². The predicted molar refractivity (Wildman–Crippen MR) is 102 cm³/mol. The Balaban J connectivity index is 1.69. The van der Waals surface area contributed by atoms with E-state index in [1.54, 1.807) is 15.9 Å². The van der Waals surface area contributed by atoms with E-state index >= 15 is 0 Å². The summed E-state index contributed by atoms with van der Waals surface area (Å²) in [6.45, 7) is 5.85. The first kappa shape index (κ1) is 16.2. The van der Waals surface area contributed by atoms with Crippen molar-refractivity contribution >= 4 is 33.1 Å². The SMILES string of the molecule is Cc1nc2sc3c(c2c2nc(C(=O)N4CCCCC4)nn12)[C@H](C)CCC3. The highest BCUT2D eigenvalue weighted by atomic mass is 32.1. The minimum Gasteiger partial charge on any atom is -0.336 e. The Labute approximate surface area is 156 Å².